The summed E-state index contributed by atoms with van der Waals surface area (Å²) in [5, 5.41) is 3.22. The van der Waals surface area contributed by atoms with Crippen LogP contribution in [-0.4, -0.2) is 25.2 Å². The van der Waals surface area contributed by atoms with Gasteiger partial charge in [0.05, 0.1) is 10.6 Å². The molecule has 2 aromatic rings. The molecule has 2 saturated carbocycles. The normalized spacial score (nSPS) is 28.8. The maximum absolute atomic E-state index is 12.5. The molecule has 0 saturated heterocycles. The average Bonchev–Trinajstić information content (AvgIpc) is 3.47. The second-order valence-corrected chi connectivity index (χ2v) is 13.0. The van der Waals surface area contributed by atoms with Gasteiger partial charge in [0.2, 0.25) is 0 Å². The minimum absolute atomic E-state index is 0.217. The van der Waals surface area contributed by atoms with Crippen molar-refractivity contribution in [3.63, 3.8) is 0 Å². The average molecular weight is 537 g/mol. The van der Waals surface area contributed by atoms with Crippen LogP contribution in [-0.2, 0) is 10.1 Å². The van der Waals surface area contributed by atoms with Crippen molar-refractivity contribution in [1.82, 2.24) is 0 Å². The molecule has 5 rings (SSSR count). The Morgan fingerprint density at radius 1 is 1.11 bits per heavy atom. The summed E-state index contributed by atoms with van der Waals surface area (Å²) < 4.78 is 74.7. The fourth-order valence-electron chi connectivity index (χ4n) is 6.92. The maximum Gasteiger partial charge on any atom is 0.573 e. The van der Waals surface area contributed by atoms with E-state index in [0.717, 1.165) is 18.4 Å². The van der Waals surface area contributed by atoms with E-state index >= 15 is 0 Å². The Balaban J connectivity index is 1.45. The van der Waals surface area contributed by atoms with E-state index < -0.39 is 16.5 Å². The molecule has 200 valence electrons. The zero-order valence-corrected chi connectivity index (χ0v) is 21.7. The lowest BCUT2D eigenvalue weighted by molar-refractivity contribution is -0.274. The fourth-order valence-corrected chi connectivity index (χ4v) is 7.42. The maximum atomic E-state index is 12.5. The molecule has 0 aromatic heterocycles. The Kier molecular flexibility index (Phi) is 6.34. The van der Waals surface area contributed by atoms with Gasteiger partial charge in [0.25, 0.3) is 10.1 Å². The highest BCUT2D eigenvalue weighted by Crippen LogP contribution is 2.66. The van der Waals surface area contributed by atoms with Gasteiger partial charge in [-0.1, -0.05) is 26.8 Å². The number of fused-ring (bicyclic) bond motifs is 3. The molecule has 37 heavy (non-hydrogen) atoms. The fraction of sp³-hybridized carbons (Fsp3) is 0.519. The van der Waals surface area contributed by atoms with E-state index in [1.165, 1.54) is 42.8 Å². The van der Waals surface area contributed by atoms with Gasteiger partial charge in [0, 0.05) is 12.1 Å². The topological polar surface area (TPSA) is 88.0 Å². The van der Waals surface area contributed by atoms with Crippen LogP contribution in [0.4, 0.5) is 24.5 Å². The van der Waals surface area contributed by atoms with Crippen LogP contribution >= 0.6 is 0 Å². The van der Waals surface area contributed by atoms with Gasteiger partial charge in [-0.25, -0.2) is 4.99 Å². The van der Waals surface area contributed by atoms with E-state index in [9.17, 15) is 26.1 Å². The molecule has 0 spiro atoms. The summed E-state index contributed by atoms with van der Waals surface area (Å²) in [6.07, 6.45) is -0.649. The predicted octanol–water partition coefficient (Wildman–Crippen LogP) is 7.17. The molecule has 5 atom stereocenters. The monoisotopic (exact) mass is 536 g/mol. The molecule has 2 aliphatic carbocycles. The van der Waals surface area contributed by atoms with Crippen LogP contribution in [0, 0.1) is 29.1 Å². The van der Waals surface area contributed by atoms with Gasteiger partial charge in [-0.2, -0.15) is 8.42 Å². The van der Waals surface area contributed by atoms with Gasteiger partial charge in [-0.15, -0.1) is 13.2 Å². The number of rotatable bonds is 4. The molecule has 2 fully saturated rings. The largest absolute Gasteiger partial charge is 0.573 e. The number of aliphatic imine (C=N–C) groups is 1. The van der Waals surface area contributed by atoms with Gasteiger partial charge in [0.1, 0.15) is 11.6 Å². The lowest BCUT2D eigenvalue weighted by atomic mass is 9.66. The Bertz CT molecular complexity index is 1320. The highest BCUT2D eigenvalue weighted by molar-refractivity contribution is 7.85. The number of ether oxygens (including phenoxy) is 1. The minimum atomic E-state index is -4.77. The summed E-state index contributed by atoms with van der Waals surface area (Å²) in [5.74, 6) is 2.46. The summed E-state index contributed by atoms with van der Waals surface area (Å²) in [4.78, 5) is 4.50. The molecule has 3 aliphatic rings. The first-order valence-corrected chi connectivity index (χ1v) is 13.9. The van der Waals surface area contributed by atoms with Gasteiger partial charge >= 0.3 is 6.36 Å². The van der Waals surface area contributed by atoms with Crippen molar-refractivity contribution in [2.75, 3.05) is 5.32 Å². The zero-order valence-electron chi connectivity index (χ0n) is 20.9. The number of hydrogen-bond acceptors (Lipinski definition) is 5. The molecular formula is C27H31F3N2O4S. The number of amidine groups is 1. The summed E-state index contributed by atoms with van der Waals surface area (Å²) in [6, 6.07) is 10.0. The summed E-state index contributed by atoms with van der Waals surface area (Å²) in [6.45, 7) is 6.95. The van der Waals surface area contributed by atoms with Crippen LogP contribution in [0.3, 0.4) is 0 Å². The molecule has 6 nitrogen and oxygen atoms in total. The Morgan fingerprint density at radius 2 is 1.81 bits per heavy atom. The minimum Gasteiger partial charge on any atom is -0.406 e. The van der Waals surface area contributed by atoms with Gasteiger partial charge in [-0.05, 0) is 96.2 Å². The third-order valence-electron chi connectivity index (χ3n) is 7.91. The summed E-state index contributed by atoms with van der Waals surface area (Å²) in [7, 11) is -4.40. The molecule has 1 heterocycles. The lowest BCUT2D eigenvalue weighted by Gasteiger charge is -2.39. The molecule has 1 aliphatic heterocycles. The van der Waals surface area contributed by atoms with Crippen LogP contribution in [0.5, 0.6) is 5.75 Å². The van der Waals surface area contributed by atoms with E-state index in [1.54, 1.807) is 6.07 Å². The number of benzene rings is 2. The first-order valence-electron chi connectivity index (χ1n) is 12.5. The van der Waals surface area contributed by atoms with Crippen molar-refractivity contribution in [3.8, 4) is 5.75 Å². The third-order valence-corrected chi connectivity index (χ3v) is 8.76. The highest BCUT2D eigenvalue weighted by atomic mass is 32.2. The highest BCUT2D eigenvalue weighted by Gasteiger charge is 2.57. The number of hydrogen-bond donors (Lipinski definition) is 2. The zero-order chi connectivity index (χ0) is 26.8. The Hall–Kier alpha value is -2.59. The molecular weight excluding hydrogens is 505 g/mol. The number of anilines is 1. The van der Waals surface area contributed by atoms with Crippen LogP contribution in [0.25, 0.3) is 0 Å². The molecule has 0 bridgehead atoms. The first kappa shape index (κ1) is 26.0. The van der Waals surface area contributed by atoms with E-state index in [4.69, 9.17) is 4.99 Å². The quantitative estimate of drug-likeness (QED) is 0.405. The molecule has 0 radical (unpaired) electrons. The Morgan fingerprint density at radius 3 is 2.43 bits per heavy atom. The second-order valence-electron chi connectivity index (χ2n) is 11.6. The van der Waals surface area contributed by atoms with Crippen LogP contribution in [0.15, 0.2) is 52.4 Å². The van der Waals surface area contributed by atoms with E-state index in [0.29, 0.717) is 47.3 Å². The summed E-state index contributed by atoms with van der Waals surface area (Å²) >= 11 is 0. The van der Waals surface area contributed by atoms with Crippen molar-refractivity contribution in [3.05, 3.63) is 48.0 Å². The smallest absolute Gasteiger partial charge is 0.406 e. The number of alkyl halides is 3. The number of nitrogens with zero attached hydrogens (tertiary/aromatic N) is 1. The lowest BCUT2D eigenvalue weighted by Crippen LogP contribution is -2.29. The van der Waals surface area contributed by atoms with Gasteiger partial charge < -0.3 is 10.1 Å². The molecule has 2 aromatic carbocycles. The third kappa shape index (κ3) is 5.80. The molecule has 10 heteroatoms. The number of nitrogens with one attached hydrogen (secondary N) is 1. The van der Waals surface area contributed by atoms with E-state index in [-0.39, 0.29) is 22.0 Å². The number of halogens is 3. The van der Waals surface area contributed by atoms with Crippen molar-refractivity contribution in [2.45, 2.75) is 63.6 Å². The van der Waals surface area contributed by atoms with Crippen LogP contribution in [0.2, 0.25) is 0 Å². The second kappa shape index (κ2) is 9.01. The standard InChI is InChI=1S/C27H31F3N2O4S/c1-15-10-16(14-26(2,3)13-15)24-21-12-23(31-17-4-6-18(7-5-17)36-27(28,29)30)32-22-11-19(37(33,34)35)8-9-20(22)25(21)24/h4-9,11,15-16,21,24-25H,10,12-14H2,1-3H3,(H,31,32)(H,33,34,35). The van der Waals surface area contributed by atoms with Crippen LogP contribution < -0.4 is 10.1 Å². The molecule has 0 amide bonds. The van der Waals surface area contributed by atoms with Crippen molar-refractivity contribution >= 4 is 27.3 Å². The predicted molar refractivity (Wildman–Crippen MR) is 135 cm³/mol. The van der Waals surface area contributed by atoms with Crippen molar-refractivity contribution < 1.29 is 30.9 Å². The Labute approximate surface area is 215 Å². The summed E-state index contributed by atoms with van der Waals surface area (Å²) in [5.41, 5.74) is 2.28. The van der Waals surface area contributed by atoms with E-state index in [2.05, 4.69) is 30.8 Å². The van der Waals surface area contributed by atoms with Crippen molar-refractivity contribution in [2.24, 2.45) is 34.1 Å². The van der Waals surface area contributed by atoms with Crippen molar-refractivity contribution in [1.29, 1.82) is 0 Å². The SMILES string of the molecule is CC1CC(C2C3CC(Nc4ccc(OC(F)(F)F)cc4)=Nc4cc(S(=O)(=O)O)ccc4C32)CC(C)(C)C1. The van der Waals surface area contributed by atoms with E-state index in [1.807, 2.05) is 0 Å². The van der Waals surface area contributed by atoms with Gasteiger partial charge in [0.15, 0.2) is 0 Å². The first-order chi connectivity index (χ1) is 17.2. The molecule has 5 unspecified atom stereocenters. The molecule has 2 N–H and O–H groups in total. The van der Waals surface area contributed by atoms with Crippen LogP contribution in [0.1, 0.15) is 57.9 Å². The van der Waals surface area contributed by atoms with Gasteiger partial charge in [-0.3, -0.25) is 4.55 Å².